The van der Waals surface area contributed by atoms with E-state index in [0.717, 1.165) is 17.7 Å². The van der Waals surface area contributed by atoms with E-state index < -0.39 is 6.10 Å². The van der Waals surface area contributed by atoms with Gasteiger partial charge in [-0.2, -0.15) is 0 Å². The first-order valence-corrected chi connectivity index (χ1v) is 7.80. The average Bonchev–Trinajstić information content (AvgIpc) is 2.50. The van der Waals surface area contributed by atoms with Crippen molar-refractivity contribution >= 4 is 34.8 Å². The van der Waals surface area contributed by atoms with Crippen LogP contribution in [-0.2, 0) is 11.2 Å². The monoisotopic (exact) mass is 335 g/mol. The van der Waals surface area contributed by atoms with Crippen LogP contribution in [0.15, 0.2) is 36.4 Å². The number of ether oxygens (including phenoxy) is 1. The van der Waals surface area contributed by atoms with Crippen molar-refractivity contribution in [1.82, 2.24) is 0 Å². The van der Waals surface area contributed by atoms with Gasteiger partial charge in [0.25, 0.3) is 5.91 Å². The number of hydrogen-bond acceptors (Lipinski definition) is 2. The molecule has 5 heteroatoms. The lowest BCUT2D eigenvalue weighted by atomic mass is 10.00. The molecule has 3 nitrogen and oxygen atoms in total. The van der Waals surface area contributed by atoms with Crippen LogP contribution in [0, 0.1) is 6.92 Å². The lowest BCUT2D eigenvalue weighted by molar-refractivity contribution is -0.123. The smallest absolute Gasteiger partial charge is 0.265 e. The first-order valence-electron chi connectivity index (χ1n) is 7.05. The second kappa shape index (κ2) is 6.19. The van der Waals surface area contributed by atoms with Crippen molar-refractivity contribution < 1.29 is 9.53 Å². The van der Waals surface area contributed by atoms with Crippen molar-refractivity contribution in [3.8, 4) is 5.75 Å². The number of carbonyl (C=O) groups excluding carboxylic acids is 1. The van der Waals surface area contributed by atoms with Crippen molar-refractivity contribution in [3.63, 3.8) is 0 Å². The Morgan fingerprint density at radius 1 is 1.23 bits per heavy atom. The SMILES string of the molecule is Cc1ccc2c(c1)CCC(C(=O)Nc1cc(Cl)ccc1Cl)O2. The van der Waals surface area contributed by atoms with Crippen LogP contribution in [0.1, 0.15) is 17.5 Å². The number of anilines is 1. The van der Waals surface area contributed by atoms with E-state index in [-0.39, 0.29) is 5.91 Å². The molecule has 0 aliphatic carbocycles. The van der Waals surface area contributed by atoms with Crippen LogP contribution in [0.5, 0.6) is 5.75 Å². The fourth-order valence-corrected chi connectivity index (χ4v) is 2.85. The van der Waals surface area contributed by atoms with Gasteiger partial charge in [-0.25, -0.2) is 0 Å². The van der Waals surface area contributed by atoms with E-state index in [1.807, 2.05) is 19.1 Å². The maximum absolute atomic E-state index is 12.4. The largest absolute Gasteiger partial charge is 0.480 e. The van der Waals surface area contributed by atoms with Gasteiger partial charge in [-0.05, 0) is 49.6 Å². The topological polar surface area (TPSA) is 38.3 Å². The Labute approximate surface area is 139 Å². The molecule has 0 spiro atoms. The Morgan fingerprint density at radius 3 is 2.86 bits per heavy atom. The molecule has 0 bridgehead atoms. The van der Waals surface area contributed by atoms with Gasteiger partial charge in [0.15, 0.2) is 6.10 Å². The Balaban J connectivity index is 1.74. The first kappa shape index (κ1) is 15.2. The normalized spacial score (nSPS) is 16.6. The molecular weight excluding hydrogens is 321 g/mol. The van der Waals surface area contributed by atoms with Crippen LogP contribution in [0.4, 0.5) is 5.69 Å². The minimum absolute atomic E-state index is 0.213. The molecule has 1 heterocycles. The van der Waals surface area contributed by atoms with Gasteiger partial charge in [0.05, 0.1) is 10.7 Å². The fraction of sp³-hybridized carbons (Fsp3) is 0.235. The van der Waals surface area contributed by atoms with E-state index in [2.05, 4.69) is 11.4 Å². The summed E-state index contributed by atoms with van der Waals surface area (Å²) < 4.78 is 5.80. The number of benzene rings is 2. The van der Waals surface area contributed by atoms with Gasteiger partial charge in [-0.1, -0.05) is 40.9 Å². The van der Waals surface area contributed by atoms with Gasteiger partial charge in [0.2, 0.25) is 0 Å². The third kappa shape index (κ3) is 3.21. The minimum atomic E-state index is -0.523. The van der Waals surface area contributed by atoms with Crippen molar-refractivity contribution in [1.29, 1.82) is 0 Å². The zero-order valence-electron chi connectivity index (χ0n) is 12.0. The van der Waals surface area contributed by atoms with Gasteiger partial charge in [-0.15, -0.1) is 0 Å². The zero-order chi connectivity index (χ0) is 15.7. The van der Waals surface area contributed by atoms with Crippen molar-refractivity contribution in [2.24, 2.45) is 0 Å². The van der Waals surface area contributed by atoms with Crippen LogP contribution in [-0.4, -0.2) is 12.0 Å². The van der Waals surface area contributed by atoms with Crippen molar-refractivity contribution in [2.75, 3.05) is 5.32 Å². The van der Waals surface area contributed by atoms with E-state index in [1.54, 1.807) is 18.2 Å². The average molecular weight is 336 g/mol. The highest BCUT2D eigenvalue weighted by Gasteiger charge is 2.26. The first-order chi connectivity index (χ1) is 10.5. The summed E-state index contributed by atoms with van der Waals surface area (Å²) in [5.41, 5.74) is 2.83. The molecule has 22 heavy (non-hydrogen) atoms. The molecule has 0 saturated carbocycles. The summed E-state index contributed by atoms with van der Waals surface area (Å²) >= 11 is 12.0. The molecule has 1 aliphatic heterocycles. The van der Waals surface area contributed by atoms with E-state index in [1.165, 1.54) is 5.56 Å². The Bertz CT molecular complexity index is 731. The molecule has 1 aliphatic rings. The lowest BCUT2D eigenvalue weighted by Gasteiger charge is -2.25. The molecule has 2 aromatic rings. The molecule has 114 valence electrons. The van der Waals surface area contributed by atoms with E-state index in [0.29, 0.717) is 22.2 Å². The van der Waals surface area contributed by atoms with Crippen LogP contribution in [0.3, 0.4) is 0 Å². The summed E-state index contributed by atoms with van der Waals surface area (Å²) in [6.45, 7) is 2.04. The summed E-state index contributed by atoms with van der Waals surface area (Å²) in [6, 6.07) is 10.9. The Kier molecular flexibility index (Phi) is 4.27. The molecule has 1 atom stereocenters. The third-order valence-corrected chi connectivity index (χ3v) is 4.20. The molecule has 1 unspecified atom stereocenters. The second-order valence-electron chi connectivity index (χ2n) is 5.37. The van der Waals surface area contributed by atoms with Gasteiger partial charge in [0.1, 0.15) is 5.75 Å². The summed E-state index contributed by atoms with van der Waals surface area (Å²) in [5.74, 6) is 0.560. The number of nitrogens with one attached hydrogen (secondary N) is 1. The van der Waals surface area contributed by atoms with Crippen LogP contribution in [0.2, 0.25) is 10.0 Å². The minimum Gasteiger partial charge on any atom is -0.480 e. The number of aryl methyl sites for hydroxylation is 2. The number of hydrogen-bond donors (Lipinski definition) is 1. The Morgan fingerprint density at radius 2 is 2.05 bits per heavy atom. The predicted molar refractivity (Wildman–Crippen MR) is 89.0 cm³/mol. The summed E-state index contributed by atoms with van der Waals surface area (Å²) in [6.07, 6.45) is 0.934. The van der Waals surface area contributed by atoms with E-state index in [9.17, 15) is 4.79 Å². The molecule has 0 fully saturated rings. The maximum atomic E-state index is 12.4. The fourth-order valence-electron chi connectivity index (χ4n) is 2.51. The van der Waals surface area contributed by atoms with Gasteiger partial charge < -0.3 is 10.1 Å². The molecule has 0 radical (unpaired) electrons. The summed E-state index contributed by atoms with van der Waals surface area (Å²) in [4.78, 5) is 12.4. The predicted octanol–water partition coefficient (Wildman–Crippen LogP) is 4.63. The quantitative estimate of drug-likeness (QED) is 0.868. The number of rotatable bonds is 2. The van der Waals surface area contributed by atoms with E-state index in [4.69, 9.17) is 27.9 Å². The second-order valence-corrected chi connectivity index (χ2v) is 6.21. The molecule has 2 aromatic carbocycles. The number of fused-ring (bicyclic) bond motifs is 1. The van der Waals surface area contributed by atoms with Crippen LogP contribution >= 0.6 is 23.2 Å². The number of amides is 1. The molecule has 3 rings (SSSR count). The van der Waals surface area contributed by atoms with Gasteiger partial charge in [-0.3, -0.25) is 4.79 Å². The highest BCUT2D eigenvalue weighted by Crippen LogP contribution is 2.30. The highest BCUT2D eigenvalue weighted by atomic mass is 35.5. The Hall–Kier alpha value is -1.71. The molecule has 0 aromatic heterocycles. The zero-order valence-corrected chi connectivity index (χ0v) is 13.5. The van der Waals surface area contributed by atoms with Gasteiger partial charge >= 0.3 is 0 Å². The molecule has 1 amide bonds. The number of carbonyl (C=O) groups is 1. The maximum Gasteiger partial charge on any atom is 0.265 e. The van der Waals surface area contributed by atoms with Crippen molar-refractivity contribution in [2.45, 2.75) is 25.9 Å². The lowest BCUT2D eigenvalue weighted by Crippen LogP contribution is -2.35. The molecule has 1 N–H and O–H groups in total. The molecular formula is C17H15Cl2NO2. The summed E-state index contributed by atoms with van der Waals surface area (Å²) in [7, 11) is 0. The standard InChI is InChI=1S/C17H15Cl2NO2/c1-10-2-6-15-11(8-10)3-7-16(22-15)17(21)20-14-9-12(18)4-5-13(14)19/h2,4-6,8-9,16H,3,7H2,1H3,(H,20,21). The number of halogens is 2. The van der Waals surface area contributed by atoms with Crippen molar-refractivity contribution in [3.05, 3.63) is 57.6 Å². The third-order valence-electron chi connectivity index (χ3n) is 3.64. The highest BCUT2D eigenvalue weighted by molar-refractivity contribution is 6.35. The molecule has 0 saturated heterocycles. The van der Waals surface area contributed by atoms with E-state index >= 15 is 0 Å². The van der Waals surface area contributed by atoms with Crippen LogP contribution < -0.4 is 10.1 Å². The van der Waals surface area contributed by atoms with Crippen LogP contribution in [0.25, 0.3) is 0 Å². The van der Waals surface area contributed by atoms with Gasteiger partial charge in [0, 0.05) is 5.02 Å². The summed E-state index contributed by atoms with van der Waals surface area (Å²) in [5, 5.41) is 3.75.